The smallest absolute Gasteiger partial charge is 0.337 e. The third-order valence-electron chi connectivity index (χ3n) is 3.99. The van der Waals surface area contributed by atoms with E-state index < -0.39 is 17.7 Å². The summed E-state index contributed by atoms with van der Waals surface area (Å²) in [7, 11) is 0. The van der Waals surface area contributed by atoms with Gasteiger partial charge in [-0.1, -0.05) is 31.0 Å². The van der Waals surface area contributed by atoms with Gasteiger partial charge in [0.25, 0.3) is 5.56 Å². The highest BCUT2D eigenvalue weighted by Gasteiger charge is 2.23. The number of fused-ring (bicyclic) bond motifs is 1. The minimum absolute atomic E-state index is 0.0153. The Morgan fingerprint density at radius 3 is 2.78 bits per heavy atom. The standard InChI is InChI=1S/C15H16F2N2O3S/c1-23-15-18-12-11(13(21)19(15)14(16)17)9(7-10(20)22-12)4-2-3-8-5-6-8/h7-8,14H,2-6H2,1H3. The summed E-state index contributed by atoms with van der Waals surface area (Å²) in [5.41, 5.74) is -1.20. The summed E-state index contributed by atoms with van der Waals surface area (Å²) < 4.78 is 31.7. The third kappa shape index (κ3) is 3.31. The van der Waals surface area contributed by atoms with Gasteiger partial charge in [0.05, 0.1) is 0 Å². The average Bonchev–Trinajstić information content (AvgIpc) is 3.29. The van der Waals surface area contributed by atoms with Gasteiger partial charge >= 0.3 is 12.2 Å². The molecular weight excluding hydrogens is 326 g/mol. The van der Waals surface area contributed by atoms with E-state index in [0.717, 1.165) is 30.5 Å². The summed E-state index contributed by atoms with van der Waals surface area (Å²) in [6.45, 7) is -2.99. The number of hydrogen-bond acceptors (Lipinski definition) is 5. The van der Waals surface area contributed by atoms with Crippen molar-refractivity contribution in [1.82, 2.24) is 9.55 Å². The first kappa shape index (κ1) is 16.2. The minimum Gasteiger partial charge on any atom is -0.403 e. The van der Waals surface area contributed by atoms with Crippen LogP contribution in [0.15, 0.2) is 25.2 Å². The highest BCUT2D eigenvalue weighted by atomic mass is 32.2. The van der Waals surface area contributed by atoms with Gasteiger partial charge in [0.1, 0.15) is 5.39 Å². The van der Waals surface area contributed by atoms with Crippen molar-refractivity contribution in [3.05, 3.63) is 32.4 Å². The molecule has 0 amide bonds. The van der Waals surface area contributed by atoms with Crippen molar-refractivity contribution < 1.29 is 13.2 Å². The lowest BCUT2D eigenvalue weighted by Gasteiger charge is -2.11. The van der Waals surface area contributed by atoms with Gasteiger partial charge in [-0.2, -0.15) is 13.8 Å². The first-order valence-electron chi connectivity index (χ1n) is 7.42. The molecule has 0 N–H and O–H groups in total. The molecule has 2 aromatic rings. The van der Waals surface area contributed by atoms with Crippen LogP contribution in [0.25, 0.3) is 11.1 Å². The van der Waals surface area contributed by atoms with Crippen LogP contribution in [0.4, 0.5) is 8.78 Å². The van der Waals surface area contributed by atoms with Gasteiger partial charge in [-0.15, -0.1) is 0 Å². The summed E-state index contributed by atoms with van der Waals surface area (Å²) in [5, 5.41) is -0.186. The Morgan fingerprint density at radius 2 is 2.17 bits per heavy atom. The summed E-state index contributed by atoms with van der Waals surface area (Å²) >= 11 is 0.904. The number of thioether (sulfide) groups is 1. The lowest BCUT2D eigenvalue weighted by Crippen LogP contribution is -2.25. The zero-order valence-electron chi connectivity index (χ0n) is 12.6. The molecule has 0 aliphatic heterocycles. The maximum absolute atomic E-state index is 13.2. The molecule has 8 heteroatoms. The van der Waals surface area contributed by atoms with Crippen LogP contribution in [0.5, 0.6) is 0 Å². The number of nitrogens with zero attached hydrogens (tertiary/aromatic N) is 2. The molecule has 0 spiro atoms. The molecule has 0 saturated heterocycles. The Morgan fingerprint density at radius 1 is 1.43 bits per heavy atom. The lowest BCUT2D eigenvalue weighted by molar-refractivity contribution is 0.0556. The van der Waals surface area contributed by atoms with Gasteiger partial charge in [-0.25, -0.2) is 9.36 Å². The zero-order chi connectivity index (χ0) is 16.6. The summed E-state index contributed by atoms with van der Waals surface area (Å²) in [4.78, 5) is 28.1. The van der Waals surface area contributed by atoms with E-state index in [2.05, 4.69) is 4.98 Å². The fraction of sp³-hybridized carbons (Fsp3) is 0.533. The largest absolute Gasteiger partial charge is 0.403 e. The molecule has 23 heavy (non-hydrogen) atoms. The molecule has 1 aliphatic rings. The third-order valence-corrected chi connectivity index (χ3v) is 4.65. The van der Waals surface area contributed by atoms with Crippen LogP contribution in [0.1, 0.15) is 37.8 Å². The van der Waals surface area contributed by atoms with Crippen LogP contribution in [-0.4, -0.2) is 15.8 Å². The molecule has 2 aromatic heterocycles. The Kier molecular flexibility index (Phi) is 4.52. The van der Waals surface area contributed by atoms with Gasteiger partial charge in [0.15, 0.2) is 5.16 Å². The predicted molar refractivity (Wildman–Crippen MR) is 83.2 cm³/mol. The molecule has 1 aliphatic carbocycles. The van der Waals surface area contributed by atoms with E-state index in [0.29, 0.717) is 16.6 Å². The van der Waals surface area contributed by atoms with Crippen LogP contribution < -0.4 is 11.2 Å². The minimum atomic E-state index is -2.99. The van der Waals surface area contributed by atoms with Gasteiger partial charge in [0.2, 0.25) is 5.71 Å². The highest BCUT2D eigenvalue weighted by Crippen LogP contribution is 2.34. The number of aryl methyl sites for hydroxylation is 1. The van der Waals surface area contributed by atoms with E-state index >= 15 is 0 Å². The molecular formula is C15H16F2N2O3S. The summed E-state index contributed by atoms with van der Waals surface area (Å²) in [6.07, 6.45) is 6.27. The number of alkyl halides is 2. The Labute approximate surface area is 134 Å². The molecule has 2 heterocycles. The lowest BCUT2D eigenvalue weighted by atomic mass is 10.1. The number of rotatable bonds is 6. The van der Waals surface area contributed by atoms with E-state index in [1.165, 1.54) is 25.2 Å². The second-order valence-electron chi connectivity index (χ2n) is 5.66. The highest BCUT2D eigenvalue weighted by molar-refractivity contribution is 7.98. The number of halogens is 2. The van der Waals surface area contributed by atoms with Gasteiger partial charge in [-0.3, -0.25) is 4.79 Å². The summed E-state index contributed by atoms with van der Waals surface area (Å²) in [5.74, 6) is 0.723. The molecule has 3 rings (SSSR count). The van der Waals surface area contributed by atoms with E-state index in [4.69, 9.17) is 4.42 Å². The van der Waals surface area contributed by atoms with E-state index in [1.807, 2.05) is 0 Å². The Hall–Kier alpha value is -1.70. The van der Waals surface area contributed by atoms with Crippen LogP contribution in [-0.2, 0) is 6.42 Å². The van der Waals surface area contributed by atoms with E-state index in [1.54, 1.807) is 0 Å². The topological polar surface area (TPSA) is 65.1 Å². The van der Waals surface area contributed by atoms with Crippen molar-refractivity contribution in [2.75, 3.05) is 6.26 Å². The first-order valence-corrected chi connectivity index (χ1v) is 8.65. The van der Waals surface area contributed by atoms with Crippen LogP contribution >= 0.6 is 11.8 Å². The van der Waals surface area contributed by atoms with E-state index in [-0.39, 0.29) is 16.3 Å². The van der Waals surface area contributed by atoms with Crippen molar-refractivity contribution in [3.8, 4) is 0 Å². The molecule has 5 nitrogen and oxygen atoms in total. The molecule has 1 fully saturated rings. The number of aromatic nitrogens is 2. The number of hydrogen-bond donors (Lipinski definition) is 0. The molecule has 1 saturated carbocycles. The van der Waals surface area contributed by atoms with Crippen LogP contribution in [0.2, 0.25) is 0 Å². The SMILES string of the molecule is CSc1nc2oc(=O)cc(CCCC3CC3)c2c(=O)n1C(F)F. The Bertz CT molecular complexity index is 843. The van der Waals surface area contributed by atoms with E-state index in [9.17, 15) is 18.4 Å². The monoisotopic (exact) mass is 342 g/mol. The van der Waals surface area contributed by atoms with Crippen molar-refractivity contribution >= 4 is 22.9 Å². The van der Waals surface area contributed by atoms with Crippen LogP contribution in [0, 0.1) is 5.92 Å². The van der Waals surface area contributed by atoms with Crippen molar-refractivity contribution in [1.29, 1.82) is 0 Å². The normalized spacial score (nSPS) is 14.8. The molecule has 0 atom stereocenters. The second-order valence-corrected chi connectivity index (χ2v) is 6.43. The van der Waals surface area contributed by atoms with Crippen molar-refractivity contribution in [2.24, 2.45) is 5.92 Å². The van der Waals surface area contributed by atoms with Gasteiger partial charge in [0, 0.05) is 6.07 Å². The van der Waals surface area contributed by atoms with Crippen molar-refractivity contribution in [3.63, 3.8) is 0 Å². The van der Waals surface area contributed by atoms with Gasteiger partial charge < -0.3 is 4.42 Å². The molecule has 124 valence electrons. The molecule has 0 radical (unpaired) electrons. The average molecular weight is 342 g/mol. The maximum Gasteiger partial charge on any atom is 0.337 e. The summed E-state index contributed by atoms with van der Waals surface area (Å²) in [6, 6.07) is 1.22. The maximum atomic E-state index is 13.2. The Balaban J connectivity index is 2.12. The molecule has 0 aromatic carbocycles. The molecule has 0 unspecified atom stereocenters. The zero-order valence-corrected chi connectivity index (χ0v) is 13.4. The second kappa shape index (κ2) is 6.43. The van der Waals surface area contributed by atoms with Crippen molar-refractivity contribution in [2.45, 2.75) is 43.8 Å². The van der Waals surface area contributed by atoms with Gasteiger partial charge in [-0.05, 0) is 30.6 Å². The predicted octanol–water partition coefficient (Wildman–Crippen LogP) is 3.20. The quantitative estimate of drug-likeness (QED) is 0.596. The fourth-order valence-corrected chi connectivity index (χ4v) is 3.22. The fourth-order valence-electron chi connectivity index (χ4n) is 2.68. The van der Waals surface area contributed by atoms with Crippen LogP contribution in [0.3, 0.4) is 0 Å². The first-order chi connectivity index (χ1) is 11.0. The molecule has 0 bridgehead atoms.